The first-order valence-corrected chi connectivity index (χ1v) is 11.3. The van der Waals surface area contributed by atoms with E-state index in [1.165, 1.54) is 35.2 Å². The lowest BCUT2D eigenvalue weighted by Gasteiger charge is -2.30. The van der Waals surface area contributed by atoms with Gasteiger partial charge < -0.3 is 15.4 Å². The molecule has 0 radical (unpaired) electrons. The molecule has 0 atom stereocenters. The van der Waals surface area contributed by atoms with Crippen molar-refractivity contribution in [2.75, 3.05) is 24.4 Å². The number of hydrogen-bond acceptors (Lipinski definition) is 6. The van der Waals surface area contributed by atoms with E-state index in [-0.39, 0.29) is 22.1 Å². The maximum Gasteiger partial charge on any atom is 0.338 e. The zero-order valence-corrected chi connectivity index (χ0v) is 17.8. The smallest absolute Gasteiger partial charge is 0.338 e. The molecule has 32 heavy (non-hydrogen) atoms. The second-order valence-corrected chi connectivity index (χ2v) is 8.96. The quantitative estimate of drug-likeness (QED) is 0.598. The molecule has 3 rings (SSSR count). The highest BCUT2D eigenvalue weighted by Gasteiger charge is 2.26. The molecule has 0 aromatic heterocycles. The third-order valence-electron chi connectivity index (χ3n) is 5.05. The van der Waals surface area contributed by atoms with E-state index in [4.69, 9.17) is 10.5 Å². The van der Waals surface area contributed by atoms with Crippen molar-refractivity contribution in [2.45, 2.75) is 17.7 Å². The van der Waals surface area contributed by atoms with Gasteiger partial charge >= 0.3 is 5.97 Å². The third kappa shape index (κ3) is 5.82. The number of carbonyl (C=O) groups is 3. The lowest BCUT2D eigenvalue weighted by Crippen LogP contribution is -2.43. The summed E-state index contributed by atoms with van der Waals surface area (Å²) in [4.78, 5) is 37.1. The van der Waals surface area contributed by atoms with Crippen LogP contribution < -0.4 is 10.5 Å². The van der Waals surface area contributed by atoms with Gasteiger partial charge in [-0.2, -0.15) is 0 Å². The van der Waals surface area contributed by atoms with Crippen LogP contribution in [-0.2, 0) is 24.3 Å². The van der Waals surface area contributed by atoms with Crippen LogP contribution in [0.15, 0.2) is 53.4 Å². The monoisotopic (exact) mass is 463 g/mol. The average Bonchev–Trinajstić information content (AvgIpc) is 2.78. The number of carbonyl (C=O) groups excluding carboxylic acids is 3. The molecule has 1 saturated heterocycles. The summed E-state index contributed by atoms with van der Waals surface area (Å²) in [7, 11) is -4.04. The lowest BCUT2D eigenvalue weighted by atomic mass is 9.96. The second kappa shape index (κ2) is 9.77. The number of esters is 1. The number of anilines is 1. The average molecular weight is 463 g/mol. The van der Waals surface area contributed by atoms with Crippen LogP contribution in [0.4, 0.5) is 10.1 Å². The van der Waals surface area contributed by atoms with Gasteiger partial charge in [-0.05, 0) is 55.3 Å². The van der Waals surface area contributed by atoms with Crippen molar-refractivity contribution in [1.29, 1.82) is 0 Å². The summed E-state index contributed by atoms with van der Waals surface area (Å²) in [6.45, 7) is 0.171. The number of halogens is 1. The molecule has 11 heteroatoms. The first kappa shape index (κ1) is 23.2. The summed E-state index contributed by atoms with van der Waals surface area (Å²) in [5, 5.41) is 0. The van der Waals surface area contributed by atoms with Gasteiger partial charge in [-0.3, -0.25) is 14.3 Å². The summed E-state index contributed by atoms with van der Waals surface area (Å²) < 4.78 is 45.5. The Bertz CT molecular complexity index is 1110. The minimum Gasteiger partial charge on any atom is -0.452 e. The fourth-order valence-electron chi connectivity index (χ4n) is 3.24. The summed E-state index contributed by atoms with van der Waals surface area (Å²) in [6, 6.07) is 9.89. The Balaban J connectivity index is 1.59. The Morgan fingerprint density at radius 1 is 1.09 bits per heavy atom. The SMILES string of the molecule is NC(=O)C1CCN(C(=O)COC(=O)c2cccc(S(=O)(=O)Nc3ccc(F)cc3)c2)CC1. The maximum atomic E-state index is 13.0. The first-order chi connectivity index (χ1) is 15.2. The number of amides is 2. The van der Waals surface area contributed by atoms with Crippen LogP contribution in [0.5, 0.6) is 0 Å². The number of nitrogens with two attached hydrogens (primary N) is 1. The minimum atomic E-state index is -4.04. The van der Waals surface area contributed by atoms with Crippen LogP contribution in [0.2, 0.25) is 0 Å². The molecule has 2 aromatic rings. The molecule has 2 aromatic carbocycles. The van der Waals surface area contributed by atoms with Crippen molar-refractivity contribution < 1.29 is 31.9 Å². The van der Waals surface area contributed by atoms with E-state index < -0.39 is 40.2 Å². The van der Waals surface area contributed by atoms with Gasteiger partial charge in [-0.15, -0.1) is 0 Å². The highest BCUT2D eigenvalue weighted by Crippen LogP contribution is 2.19. The predicted octanol–water partition coefficient (Wildman–Crippen LogP) is 1.51. The molecule has 0 aliphatic carbocycles. The van der Waals surface area contributed by atoms with Gasteiger partial charge in [0.2, 0.25) is 5.91 Å². The molecular weight excluding hydrogens is 441 g/mol. The van der Waals surface area contributed by atoms with Gasteiger partial charge in [0, 0.05) is 24.7 Å². The van der Waals surface area contributed by atoms with Crippen molar-refractivity contribution in [3.63, 3.8) is 0 Å². The minimum absolute atomic E-state index is 0.0489. The molecule has 1 aliphatic rings. The predicted molar refractivity (Wildman–Crippen MR) is 112 cm³/mol. The molecule has 9 nitrogen and oxygen atoms in total. The van der Waals surface area contributed by atoms with Gasteiger partial charge in [0.1, 0.15) is 5.82 Å². The number of ether oxygens (including phenoxy) is 1. The molecule has 0 saturated carbocycles. The van der Waals surface area contributed by atoms with Crippen LogP contribution >= 0.6 is 0 Å². The van der Waals surface area contributed by atoms with Crippen LogP contribution in [0.25, 0.3) is 0 Å². The number of benzene rings is 2. The van der Waals surface area contributed by atoms with E-state index in [0.717, 1.165) is 18.2 Å². The van der Waals surface area contributed by atoms with E-state index in [9.17, 15) is 27.2 Å². The van der Waals surface area contributed by atoms with E-state index >= 15 is 0 Å². The highest BCUT2D eigenvalue weighted by molar-refractivity contribution is 7.92. The van der Waals surface area contributed by atoms with E-state index in [1.54, 1.807) is 0 Å². The largest absolute Gasteiger partial charge is 0.452 e. The number of hydrogen-bond donors (Lipinski definition) is 2. The molecule has 0 bridgehead atoms. The molecule has 0 spiro atoms. The number of nitrogens with zero attached hydrogens (tertiary/aromatic N) is 1. The van der Waals surface area contributed by atoms with Crippen LogP contribution in [0.1, 0.15) is 23.2 Å². The Morgan fingerprint density at radius 3 is 2.38 bits per heavy atom. The number of rotatable bonds is 7. The summed E-state index contributed by atoms with van der Waals surface area (Å²) in [5.41, 5.74) is 5.38. The van der Waals surface area contributed by atoms with E-state index in [0.29, 0.717) is 25.9 Å². The Kier molecular flexibility index (Phi) is 7.08. The Hall–Kier alpha value is -3.47. The van der Waals surface area contributed by atoms with Crippen LogP contribution in [0.3, 0.4) is 0 Å². The topological polar surface area (TPSA) is 136 Å². The first-order valence-electron chi connectivity index (χ1n) is 9.78. The third-order valence-corrected chi connectivity index (χ3v) is 6.43. The molecule has 1 fully saturated rings. The number of piperidine rings is 1. The highest BCUT2D eigenvalue weighted by atomic mass is 32.2. The van der Waals surface area contributed by atoms with E-state index in [1.807, 2.05) is 0 Å². The summed E-state index contributed by atoms with van der Waals surface area (Å²) in [6.07, 6.45) is 0.909. The molecule has 2 amide bonds. The Labute approximate surface area is 184 Å². The fourth-order valence-corrected chi connectivity index (χ4v) is 4.34. The summed E-state index contributed by atoms with van der Waals surface area (Å²) >= 11 is 0. The molecular formula is C21H22FN3O6S. The normalized spacial score (nSPS) is 14.6. The van der Waals surface area contributed by atoms with Crippen molar-refractivity contribution in [3.8, 4) is 0 Å². The van der Waals surface area contributed by atoms with Crippen molar-refractivity contribution in [2.24, 2.45) is 11.7 Å². The maximum absolute atomic E-state index is 13.0. The molecule has 1 heterocycles. The lowest BCUT2D eigenvalue weighted by molar-refractivity contribution is -0.137. The molecule has 1 aliphatic heterocycles. The van der Waals surface area contributed by atoms with Gasteiger partial charge in [-0.1, -0.05) is 6.07 Å². The zero-order valence-electron chi connectivity index (χ0n) is 17.0. The van der Waals surface area contributed by atoms with Crippen molar-refractivity contribution in [1.82, 2.24) is 4.90 Å². The van der Waals surface area contributed by atoms with Crippen LogP contribution in [-0.4, -0.2) is 50.8 Å². The molecule has 0 unspecified atom stereocenters. The molecule has 170 valence electrons. The molecule has 3 N–H and O–H groups in total. The number of likely N-dealkylation sites (tertiary alicyclic amines) is 1. The van der Waals surface area contributed by atoms with Crippen LogP contribution in [0, 0.1) is 11.7 Å². The standard InChI is InChI=1S/C21H22FN3O6S/c22-16-4-6-17(7-5-16)24-32(29,30)18-3-1-2-15(12-18)21(28)31-13-19(26)25-10-8-14(9-11-25)20(23)27/h1-7,12,14,24H,8-11,13H2,(H2,23,27). The van der Waals surface area contributed by atoms with Gasteiger partial charge in [0.25, 0.3) is 15.9 Å². The van der Waals surface area contributed by atoms with Gasteiger partial charge in [-0.25, -0.2) is 17.6 Å². The number of sulfonamides is 1. The zero-order chi connectivity index (χ0) is 23.3. The van der Waals surface area contributed by atoms with Gasteiger partial charge in [0.15, 0.2) is 6.61 Å². The second-order valence-electron chi connectivity index (χ2n) is 7.27. The number of primary amides is 1. The summed E-state index contributed by atoms with van der Waals surface area (Å²) in [5.74, 6) is -2.45. The number of nitrogens with one attached hydrogen (secondary N) is 1. The van der Waals surface area contributed by atoms with Gasteiger partial charge in [0.05, 0.1) is 10.5 Å². The Morgan fingerprint density at radius 2 is 1.75 bits per heavy atom. The fraction of sp³-hybridized carbons (Fsp3) is 0.286. The van der Waals surface area contributed by atoms with E-state index in [2.05, 4.69) is 4.72 Å². The van der Waals surface area contributed by atoms with Crippen molar-refractivity contribution in [3.05, 3.63) is 59.9 Å². The van der Waals surface area contributed by atoms with Crippen molar-refractivity contribution >= 4 is 33.5 Å².